The third-order valence-corrected chi connectivity index (χ3v) is 2.86. The number of rotatable bonds is 3. The Morgan fingerprint density at radius 2 is 2.11 bits per heavy atom. The Hall–Kier alpha value is -2.21. The number of hydrogen-bond acceptors (Lipinski definition) is 4. The Kier molecular flexibility index (Phi) is 4.39. The van der Waals surface area contributed by atoms with E-state index in [0.717, 1.165) is 0 Å². The van der Waals surface area contributed by atoms with Gasteiger partial charge < -0.3 is 20.9 Å². The van der Waals surface area contributed by atoms with Gasteiger partial charge >= 0.3 is 0 Å². The number of phenols is 2. The summed E-state index contributed by atoms with van der Waals surface area (Å²) < 4.78 is 0. The van der Waals surface area contributed by atoms with Crippen molar-refractivity contribution in [1.82, 2.24) is 9.97 Å². The third kappa shape index (κ3) is 2.63. The van der Waals surface area contributed by atoms with Crippen molar-refractivity contribution in [2.24, 2.45) is 5.73 Å². The Labute approximate surface area is 115 Å². The maximum Gasteiger partial charge on any atom is 0.256 e. The first-order chi connectivity index (χ1) is 8.52. The summed E-state index contributed by atoms with van der Waals surface area (Å²) in [6.45, 7) is 1.83. The molecule has 0 fully saturated rings. The topological polar surface area (TPSA) is 112 Å². The van der Waals surface area contributed by atoms with Crippen molar-refractivity contribution in [3.05, 3.63) is 41.5 Å². The van der Waals surface area contributed by atoms with E-state index in [1.807, 2.05) is 6.92 Å². The zero-order chi connectivity index (χ0) is 13.3. The van der Waals surface area contributed by atoms with Crippen molar-refractivity contribution in [3.8, 4) is 11.5 Å². The molecule has 1 amide bonds. The lowest BCUT2D eigenvalue weighted by atomic mass is 9.94. The minimum Gasteiger partial charge on any atom is -0.507 e. The Balaban J connectivity index is 0.00000180. The van der Waals surface area contributed by atoms with Crippen LogP contribution in [0.25, 0.3) is 0 Å². The van der Waals surface area contributed by atoms with Crippen LogP contribution in [0.1, 0.15) is 34.5 Å². The number of aromatic nitrogens is 2. The second-order valence-electron chi connectivity index (χ2n) is 3.98. The number of imidazole rings is 1. The van der Waals surface area contributed by atoms with Crippen molar-refractivity contribution in [2.45, 2.75) is 12.8 Å². The van der Waals surface area contributed by atoms with E-state index in [4.69, 9.17) is 5.73 Å². The van der Waals surface area contributed by atoms with E-state index in [0.29, 0.717) is 11.3 Å². The minimum absolute atomic E-state index is 0. The fraction of sp³-hybridized carbons (Fsp3) is 0.167. The van der Waals surface area contributed by atoms with Gasteiger partial charge in [0.05, 0.1) is 12.0 Å². The number of primary amides is 1. The lowest BCUT2D eigenvalue weighted by Crippen LogP contribution is -2.12. The summed E-state index contributed by atoms with van der Waals surface area (Å²) in [6, 6.07) is 2.87. The molecule has 0 radical (unpaired) electrons. The average Bonchev–Trinajstić information content (AvgIpc) is 2.81. The molecule has 0 saturated heterocycles. The molecule has 1 heterocycles. The highest BCUT2D eigenvalue weighted by Gasteiger charge is 2.21. The number of nitrogens with one attached hydrogen (secondary N) is 1. The van der Waals surface area contributed by atoms with Crippen LogP contribution < -0.4 is 5.73 Å². The predicted molar refractivity (Wildman–Crippen MR) is 71.6 cm³/mol. The van der Waals surface area contributed by atoms with Crippen LogP contribution in [0.3, 0.4) is 0 Å². The first-order valence-electron chi connectivity index (χ1n) is 5.35. The zero-order valence-electron chi connectivity index (χ0n) is 10.1. The van der Waals surface area contributed by atoms with Crippen LogP contribution in [0.5, 0.6) is 11.5 Å². The van der Waals surface area contributed by atoms with Gasteiger partial charge in [-0.2, -0.15) is 0 Å². The molecule has 1 unspecified atom stereocenters. The molecule has 19 heavy (non-hydrogen) atoms. The van der Waals surface area contributed by atoms with E-state index >= 15 is 0 Å². The normalized spacial score (nSPS) is 11.6. The highest BCUT2D eigenvalue weighted by atomic mass is 35.5. The summed E-state index contributed by atoms with van der Waals surface area (Å²) in [6.07, 6.45) is 3.22. The number of hydrogen-bond donors (Lipinski definition) is 4. The lowest BCUT2D eigenvalue weighted by Gasteiger charge is -2.14. The predicted octanol–water partition coefficient (Wildman–Crippen LogP) is 1.49. The first kappa shape index (κ1) is 14.8. The van der Waals surface area contributed by atoms with Crippen LogP contribution in [0.2, 0.25) is 0 Å². The second kappa shape index (κ2) is 5.62. The zero-order valence-corrected chi connectivity index (χ0v) is 10.9. The molecule has 1 aromatic carbocycles. The number of aromatic amines is 1. The van der Waals surface area contributed by atoms with Crippen molar-refractivity contribution in [3.63, 3.8) is 0 Å². The molecule has 0 saturated carbocycles. The Morgan fingerprint density at radius 3 is 2.63 bits per heavy atom. The number of aromatic hydroxyl groups is 2. The fourth-order valence-corrected chi connectivity index (χ4v) is 1.86. The molecule has 2 rings (SSSR count). The van der Waals surface area contributed by atoms with Gasteiger partial charge in [-0.05, 0) is 6.07 Å². The molecule has 0 aliphatic heterocycles. The average molecular weight is 284 g/mol. The minimum atomic E-state index is -0.874. The largest absolute Gasteiger partial charge is 0.507 e. The summed E-state index contributed by atoms with van der Waals surface area (Å²) in [4.78, 5) is 18.1. The molecular formula is C12H14ClN3O3. The maximum atomic E-state index is 11.2. The van der Waals surface area contributed by atoms with Gasteiger partial charge in [-0.1, -0.05) is 13.0 Å². The Bertz CT molecular complexity index is 584. The van der Waals surface area contributed by atoms with E-state index in [1.54, 1.807) is 6.20 Å². The number of carbonyl (C=O) groups is 1. The second-order valence-corrected chi connectivity index (χ2v) is 3.98. The summed E-state index contributed by atoms with van der Waals surface area (Å²) >= 11 is 0. The van der Waals surface area contributed by atoms with Crippen LogP contribution in [0, 0.1) is 0 Å². The van der Waals surface area contributed by atoms with E-state index in [-0.39, 0.29) is 35.4 Å². The van der Waals surface area contributed by atoms with Crippen molar-refractivity contribution >= 4 is 18.3 Å². The van der Waals surface area contributed by atoms with Gasteiger partial charge in [0.2, 0.25) is 0 Å². The van der Waals surface area contributed by atoms with Crippen molar-refractivity contribution < 1.29 is 15.0 Å². The molecule has 1 atom stereocenters. The van der Waals surface area contributed by atoms with E-state index in [2.05, 4.69) is 9.97 Å². The first-order valence-corrected chi connectivity index (χ1v) is 5.35. The molecule has 2 aromatic rings. The number of benzene rings is 1. The van der Waals surface area contributed by atoms with Crippen LogP contribution in [-0.4, -0.2) is 26.1 Å². The quantitative estimate of drug-likeness (QED) is 0.683. The van der Waals surface area contributed by atoms with Crippen molar-refractivity contribution in [2.75, 3.05) is 0 Å². The number of halogens is 1. The molecule has 1 aromatic heterocycles. The number of nitrogens with zero attached hydrogens (tertiary/aromatic N) is 1. The van der Waals surface area contributed by atoms with Gasteiger partial charge in [-0.25, -0.2) is 4.98 Å². The number of amides is 1. The number of nitrogens with two attached hydrogens (primary N) is 1. The smallest absolute Gasteiger partial charge is 0.256 e. The third-order valence-electron chi connectivity index (χ3n) is 2.86. The Morgan fingerprint density at radius 1 is 1.42 bits per heavy atom. The van der Waals surface area contributed by atoms with Gasteiger partial charge in [0.1, 0.15) is 17.1 Å². The van der Waals surface area contributed by atoms with E-state index in [9.17, 15) is 15.0 Å². The van der Waals surface area contributed by atoms with Crippen molar-refractivity contribution in [1.29, 1.82) is 0 Å². The molecule has 0 bridgehead atoms. The lowest BCUT2D eigenvalue weighted by molar-refractivity contribution is 0.0995. The molecule has 7 heteroatoms. The van der Waals surface area contributed by atoms with Crippen LogP contribution in [0.4, 0.5) is 0 Å². The standard InChI is InChI=1S/C12H13N3O3.ClH/c1-6(8-4-14-5-15-8)7-2-3-9(16)10(11(7)17)12(13)18;/h2-6,16-17H,1H3,(H2,13,18)(H,14,15);1H. The fourth-order valence-electron chi connectivity index (χ4n) is 1.86. The van der Waals surface area contributed by atoms with E-state index < -0.39 is 5.91 Å². The summed E-state index contributed by atoms with van der Waals surface area (Å²) in [5.74, 6) is -1.74. The van der Waals surface area contributed by atoms with Gasteiger partial charge in [0.15, 0.2) is 0 Å². The number of H-pyrrole nitrogens is 1. The van der Waals surface area contributed by atoms with Gasteiger partial charge in [0, 0.05) is 17.7 Å². The maximum absolute atomic E-state index is 11.2. The SMILES string of the molecule is CC(c1c[nH]cn1)c1ccc(O)c(C(N)=O)c1O.Cl. The molecule has 0 spiro atoms. The summed E-state index contributed by atoms with van der Waals surface area (Å²) in [5.41, 5.74) is 6.05. The molecule has 0 aliphatic rings. The van der Waals surface area contributed by atoms with Gasteiger partial charge in [0.25, 0.3) is 5.91 Å². The van der Waals surface area contributed by atoms with Crippen LogP contribution in [0.15, 0.2) is 24.7 Å². The highest BCUT2D eigenvalue weighted by molar-refractivity contribution is 5.98. The molecular weight excluding hydrogens is 270 g/mol. The van der Waals surface area contributed by atoms with E-state index in [1.165, 1.54) is 18.5 Å². The monoisotopic (exact) mass is 283 g/mol. The van der Waals surface area contributed by atoms with Gasteiger partial charge in [-0.15, -0.1) is 12.4 Å². The highest BCUT2D eigenvalue weighted by Crippen LogP contribution is 2.36. The molecule has 0 aliphatic carbocycles. The number of carbonyl (C=O) groups excluding carboxylic acids is 1. The van der Waals surface area contributed by atoms with Crippen LogP contribution >= 0.6 is 12.4 Å². The summed E-state index contributed by atoms with van der Waals surface area (Å²) in [5, 5.41) is 19.5. The summed E-state index contributed by atoms with van der Waals surface area (Å²) in [7, 11) is 0. The molecule has 6 nitrogen and oxygen atoms in total. The van der Waals surface area contributed by atoms with Gasteiger partial charge in [-0.3, -0.25) is 4.79 Å². The molecule has 5 N–H and O–H groups in total. The van der Waals surface area contributed by atoms with Crippen LogP contribution in [-0.2, 0) is 0 Å². The molecule has 102 valence electrons.